The Bertz CT molecular complexity index is 1340. The molecule has 0 bridgehead atoms. The maximum absolute atomic E-state index is 14.0. The van der Waals surface area contributed by atoms with Crippen molar-refractivity contribution in [2.45, 2.75) is 32.1 Å². The van der Waals surface area contributed by atoms with Crippen molar-refractivity contribution in [3.8, 4) is 11.1 Å². The third kappa shape index (κ3) is 3.83. The molecule has 1 aromatic heterocycles. The number of aliphatic hydroxyl groups excluding tert-OH is 1. The fraction of sp³-hybridized carbons (Fsp3) is 0.296. The average Bonchev–Trinajstić information content (AvgIpc) is 3.39. The lowest BCUT2D eigenvalue weighted by Gasteiger charge is -2.30. The first-order valence-electron chi connectivity index (χ1n) is 11.6. The third-order valence-corrected chi connectivity index (χ3v) is 7.20. The minimum absolute atomic E-state index is 0.0300. The van der Waals surface area contributed by atoms with E-state index < -0.39 is 29.7 Å². The predicted octanol–water partition coefficient (Wildman–Crippen LogP) is 2.48. The van der Waals surface area contributed by atoms with Gasteiger partial charge in [-0.25, -0.2) is 4.39 Å². The number of nitrogens with zero attached hydrogens (tertiary/aromatic N) is 2. The van der Waals surface area contributed by atoms with Crippen LogP contribution in [0.2, 0.25) is 0 Å². The fourth-order valence-corrected chi connectivity index (χ4v) is 5.61. The smallest absolute Gasteiger partial charge is 0.258 e. The highest BCUT2D eigenvalue weighted by atomic mass is 19.1. The van der Waals surface area contributed by atoms with Crippen LogP contribution in [-0.2, 0) is 22.7 Å². The van der Waals surface area contributed by atoms with E-state index >= 15 is 0 Å². The Morgan fingerprint density at radius 3 is 2.46 bits per heavy atom. The molecule has 0 radical (unpaired) electrons. The van der Waals surface area contributed by atoms with Gasteiger partial charge in [0.15, 0.2) is 0 Å². The van der Waals surface area contributed by atoms with Gasteiger partial charge in [0.2, 0.25) is 11.8 Å². The van der Waals surface area contributed by atoms with Crippen LogP contribution in [0.15, 0.2) is 71.5 Å². The highest BCUT2D eigenvalue weighted by Crippen LogP contribution is 2.49. The Labute approximate surface area is 201 Å². The zero-order valence-electron chi connectivity index (χ0n) is 19.2. The number of fused-ring (bicyclic) bond motifs is 3. The molecule has 4 atom stereocenters. The van der Waals surface area contributed by atoms with Gasteiger partial charge < -0.3 is 19.9 Å². The number of carbonyl (C=O) groups is 2. The first-order valence-corrected chi connectivity index (χ1v) is 11.6. The molecule has 5 rings (SSSR count). The molecule has 0 saturated carbocycles. The van der Waals surface area contributed by atoms with Gasteiger partial charge in [0.1, 0.15) is 11.9 Å². The minimum atomic E-state index is -0.920. The van der Waals surface area contributed by atoms with Crippen LogP contribution in [0.3, 0.4) is 0 Å². The number of carbonyl (C=O) groups excluding carboxylic acids is 2. The van der Waals surface area contributed by atoms with E-state index in [4.69, 9.17) is 0 Å². The van der Waals surface area contributed by atoms with Crippen LogP contribution in [0.1, 0.15) is 24.2 Å². The number of halogens is 1. The number of aliphatic hydroxyl groups is 1. The SMILES string of the molecule is CC(=O)N1[C@H](C(=O)NCc2ccccc2F)[C@@H](CO)[C@@H]2Cn3c(ccc(-c4ccccc4)c3=O)[C@@H]21. The van der Waals surface area contributed by atoms with Crippen molar-refractivity contribution in [3.63, 3.8) is 0 Å². The van der Waals surface area contributed by atoms with Crippen molar-refractivity contribution in [1.29, 1.82) is 0 Å². The molecule has 2 aromatic carbocycles. The van der Waals surface area contributed by atoms with Gasteiger partial charge >= 0.3 is 0 Å². The van der Waals surface area contributed by atoms with Crippen molar-refractivity contribution in [2.75, 3.05) is 6.61 Å². The highest BCUT2D eigenvalue weighted by molar-refractivity contribution is 5.88. The Morgan fingerprint density at radius 2 is 1.77 bits per heavy atom. The summed E-state index contributed by atoms with van der Waals surface area (Å²) < 4.78 is 15.7. The second kappa shape index (κ2) is 9.11. The molecular formula is C27H26FN3O4. The summed E-state index contributed by atoms with van der Waals surface area (Å²) in [6.45, 7) is 1.33. The fourth-order valence-electron chi connectivity index (χ4n) is 5.61. The molecule has 0 spiro atoms. The lowest BCUT2D eigenvalue weighted by molar-refractivity contribution is -0.140. The monoisotopic (exact) mass is 475 g/mol. The average molecular weight is 476 g/mol. The van der Waals surface area contributed by atoms with E-state index in [1.54, 1.807) is 28.8 Å². The lowest BCUT2D eigenvalue weighted by Crippen LogP contribution is -2.49. The topological polar surface area (TPSA) is 91.6 Å². The second-order valence-electron chi connectivity index (χ2n) is 9.09. The maximum Gasteiger partial charge on any atom is 0.258 e. The van der Waals surface area contributed by atoms with Crippen molar-refractivity contribution < 1.29 is 19.1 Å². The van der Waals surface area contributed by atoms with Crippen molar-refractivity contribution in [1.82, 2.24) is 14.8 Å². The van der Waals surface area contributed by atoms with Crippen LogP contribution in [0.4, 0.5) is 4.39 Å². The summed E-state index contributed by atoms with van der Waals surface area (Å²) in [4.78, 5) is 40.9. The number of likely N-dealkylation sites (tertiary alicyclic amines) is 1. The molecule has 2 aliphatic rings. The lowest BCUT2D eigenvalue weighted by atomic mass is 9.88. The van der Waals surface area contributed by atoms with Crippen molar-refractivity contribution in [2.24, 2.45) is 11.8 Å². The molecule has 3 heterocycles. The second-order valence-corrected chi connectivity index (χ2v) is 9.09. The van der Waals surface area contributed by atoms with Gasteiger partial charge in [-0.15, -0.1) is 0 Å². The number of rotatable bonds is 5. The summed E-state index contributed by atoms with van der Waals surface area (Å²) in [7, 11) is 0. The van der Waals surface area contributed by atoms with E-state index in [1.807, 2.05) is 36.4 Å². The number of nitrogens with one attached hydrogen (secondary N) is 1. The molecule has 2 aliphatic heterocycles. The summed E-state index contributed by atoms with van der Waals surface area (Å²) in [5, 5.41) is 13.0. The van der Waals surface area contributed by atoms with Crippen LogP contribution >= 0.6 is 0 Å². The van der Waals surface area contributed by atoms with Crippen LogP contribution in [0, 0.1) is 17.7 Å². The van der Waals surface area contributed by atoms with Gasteiger partial charge in [-0.2, -0.15) is 0 Å². The number of pyridine rings is 1. The Morgan fingerprint density at radius 1 is 1.06 bits per heavy atom. The van der Waals surface area contributed by atoms with Gasteiger partial charge in [-0.05, 0) is 23.8 Å². The maximum atomic E-state index is 14.0. The normalized spacial score (nSPS) is 22.5. The Hall–Kier alpha value is -3.78. The molecule has 0 unspecified atom stereocenters. The summed E-state index contributed by atoms with van der Waals surface area (Å²) in [5.74, 6) is -2.07. The molecule has 180 valence electrons. The molecule has 1 fully saturated rings. The quantitative estimate of drug-likeness (QED) is 0.593. The Kier molecular flexibility index (Phi) is 5.98. The standard InChI is InChI=1S/C27H26FN3O4/c1-16(33)31-24-20(14-30-23(24)12-11-19(27(30)35)17-7-3-2-4-8-17)21(15-32)25(31)26(34)29-13-18-9-5-6-10-22(18)28/h2-12,20-21,24-25,32H,13-15H2,1H3,(H,29,34)/t20-,21-,24+,25-/m0/s1. The molecule has 2 amide bonds. The third-order valence-electron chi connectivity index (χ3n) is 7.20. The first-order chi connectivity index (χ1) is 16.9. The first kappa shape index (κ1) is 23.0. The van der Waals surface area contributed by atoms with E-state index in [0.29, 0.717) is 23.4 Å². The largest absolute Gasteiger partial charge is 0.396 e. The summed E-state index contributed by atoms with van der Waals surface area (Å²) in [6, 6.07) is 17.7. The predicted molar refractivity (Wildman–Crippen MR) is 127 cm³/mol. The molecule has 35 heavy (non-hydrogen) atoms. The number of aromatic nitrogens is 1. The van der Waals surface area contributed by atoms with E-state index in [2.05, 4.69) is 5.32 Å². The molecule has 3 aromatic rings. The molecule has 2 N–H and O–H groups in total. The van der Waals surface area contributed by atoms with E-state index in [1.165, 1.54) is 17.9 Å². The van der Waals surface area contributed by atoms with Crippen LogP contribution < -0.4 is 10.9 Å². The zero-order chi connectivity index (χ0) is 24.7. The number of hydrogen-bond acceptors (Lipinski definition) is 4. The number of hydrogen-bond donors (Lipinski definition) is 2. The highest BCUT2D eigenvalue weighted by Gasteiger charge is 2.56. The Balaban J connectivity index is 1.48. The summed E-state index contributed by atoms with van der Waals surface area (Å²) >= 11 is 0. The van der Waals surface area contributed by atoms with Crippen LogP contribution in [0.5, 0.6) is 0 Å². The summed E-state index contributed by atoms with van der Waals surface area (Å²) in [5.41, 5.74) is 2.18. The molecule has 0 aliphatic carbocycles. The number of amides is 2. The molecule has 7 nitrogen and oxygen atoms in total. The van der Waals surface area contributed by atoms with Crippen molar-refractivity contribution in [3.05, 3.63) is 94.2 Å². The van der Waals surface area contributed by atoms with Crippen molar-refractivity contribution >= 4 is 11.8 Å². The minimum Gasteiger partial charge on any atom is -0.396 e. The van der Waals surface area contributed by atoms with E-state index in [9.17, 15) is 23.9 Å². The van der Waals surface area contributed by atoms with E-state index in [0.717, 1.165) is 5.56 Å². The van der Waals surface area contributed by atoms with Gasteiger partial charge in [-0.3, -0.25) is 14.4 Å². The van der Waals surface area contributed by atoms with Crippen LogP contribution in [0.25, 0.3) is 11.1 Å². The van der Waals surface area contributed by atoms with Crippen LogP contribution in [-0.4, -0.2) is 39.0 Å². The van der Waals surface area contributed by atoms with Gasteiger partial charge in [-0.1, -0.05) is 48.5 Å². The van der Waals surface area contributed by atoms with E-state index in [-0.39, 0.29) is 30.5 Å². The zero-order valence-corrected chi connectivity index (χ0v) is 19.2. The number of benzene rings is 2. The summed E-state index contributed by atoms with van der Waals surface area (Å²) in [6.07, 6.45) is 0. The van der Waals surface area contributed by atoms with Gasteiger partial charge in [0, 0.05) is 55.3 Å². The molecular weight excluding hydrogens is 449 g/mol. The molecule has 8 heteroatoms. The van der Waals surface area contributed by atoms with Gasteiger partial charge in [0.25, 0.3) is 5.56 Å². The van der Waals surface area contributed by atoms with Gasteiger partial charge in [0.05, 0.1) is 6.04 Å². The molecule has 1 saturated heterocycles.